The van der Waals surface area contributed by atoms with Crippen LogP contribution in [-0.2, 0) is 12.8 Å². The first-order valence-corrected chi connectivity index (χ1v) is 4.41. The highest BCUT2D eigenvalue weighted by Crippen LogP contribution is 2.36. The fourth-order valence-corrected chi connectivity index (χ4v) is 1.47. The summed E-state index contributed by atoms with van der Waals surface area (Å²) in [5, 5.41) is 8.77. The molecule has 6 heteroatoms. The van der Waals surface area contributed by atoms with Gasteiger partial charge in [0, 0.05) is 10.2 Å². The van der Waals surface area contributed by atoms with Gasteiger partial charge in [-0.05, 0) is 17.7 Å². The molecule has 1 aromatic rings. The van der Waals surface area contributed by atoms with E-state index in [0.717, 1.165) is 12.1 Å². The van der Waals surface area contributed by atoms with Crippen LogP contribution < -0.4 is 5.73 Å². The number of aliphatic hydroxyl groups is 1. The Balaban J connectivity index is 3.29. The molecule has 0 atom stereocenters. The van der Waals surface area contributed by atoms with E-state index < -0.39 is 11.7 Å². The van der Waals surface area contributed by atoms with Crippen LogP contribution in [0.1, 0.15) is 11.1 Å². The van der Waals surface area contributed by atoms with E-state index in [9.17, 15) is 13.2 Å². The molecule has 0 spiro atoms. The van der Waals surface area contributed by atoms with Gasteiger partial charge >= 0.3 is 6.18 Å². The third kappa shape index (κ3) is 2.19. The maximum Gasteiger partial charge on any atom is 0.418 e. The van der Waals surface area contributed by atoms with Crippen molar-refractivity contribution in [3.8, 4) is 0 Å². The van der Waals surface area contributed by atoms with E-state index >= 15 is 0 Å². The topological polar surface area (TPSA) is 46.2 Å². The van der Waals surface area contributed by atoms with Crippen molar-refractivity contribution in [2.24, 2.45) is 0 Å². The molecule has 0 aliphatic heterocycles. The predicted octanol–water partition coefficient (Wildman–Crippen LogP) is 2.54. The highest BCUT2D eigenvalue weighted by atomic mass is 79.9. The van der Waals surface area contributed by atoms with Gasteiger partial charge in [-0.1, -0.05) is 15.9 Å². The maximum atomic E-state index is 12.3. The molecule has 0 unspecified atom stereocenters. The van der Waals surface area contributed by atoms with Crippen LogP contribution in [0.15, 0.2) is 16.6 Å². The van der Waals surface area contributed by atoms with Gasteiger partial charge in [0.05, 0.1) is 12.2 Å². The van der Waals surface area contributed by atoms with E-state index in [4.69, 9.17) is 10.8 Å². The van der Waals surface area contributed by atoms with Gasteiger partial charge in [0.15, 0.2) is 0 Å². The van der Waals surface area contributed by atoms with Crippen LogP contribution >= 0.6 is 15.9 Å². The number of anilines is 1. The number of rotatable bonds is 1. The molecule has 0 aliphatic rings. The number of benzene rings is 1. The van der Waals surface area contributed by atoms with Crippen molar-refractivity contribution < 1.29 is 18.3 Å². The van der Waals surface area contributed by atoms with E-state index in [1.165, 1.54) is 0 Å². The molecule has 0 aliphatic carbocycles. The molecule has 1 rings (SSSR count). The number of hydrogen-bond donors (Lipinski definition) is 2. The quantitative estimate of drug-likeness (QED) is 0.770. The Kier molecular flexibility index (Phi) is 3.06. The molecule has 0 saturated heterocycles. The normalized spacial score (nSPS) is 11.8. The van der Waals surface area contributed by atoms with Crippen LogP contribution in [0, 0.1) is 0 Å². The molecule has 0 amide bonds. The maximum absolute atomic E-state index is 12.3. The first-order chi connectivity index (χ1) is 6.36. The van der Waals surface area contributed by atoms with E-state index in [-0.39, 0.29) is 16.8 Å². The number of hydrogen-bond acceptors (Lipinski definition) is 2. The highest BCUT2D eigenvalue weighted by molar-refractivity contribution is 9.10. The molecule has 1 aromatic carbocycles. The number of nitrogen functional groups attached to an aromatic ring is 1. The molecule has 0 bridgehead atoms. The van der Waals surface area contributed by atoms with Gasteiger partial charge in [-0.3, -0.25) is 0 Å². The minimum atomic E-state index is -4.47. The van der Waals surface area contributed by atoms with Crippen LogP contribution in [0.2, 0.25) is 0 Å². The van der Waals surface area contributed by atoms with Gasteiger partial charge < -0.3 is 10.8 Å². The molecule has 0 saturated carbocycles. The summed E-state index contributed by atoms with van der Waals surface area (Å²) in [6, 6.07) is 1.97. The van der Waals surface area contributed by atoms with Crippen molar-refractivity contribution in [2.45, 2.75) is 12.8 Å². The lowest BCUT2D eigenvalue weighted by atomic mass is 10.1. The lowest BCUT2D eigenvalue weighted by Gasteiger charge is -2.12. The zero-order chi connectivity index (χ0) is 10.9. The third-order valence-corrected chi connectivity index (χ3v) is 2.43. The monoisotopic (exact) mass is 269 g/mol. The van der Waals surface area contributed by atoms with Gasteiger partial charge in [-0.15, -0.1) is 0 Å². The smallest absolute Gasteiger partial charge is 0.398 e. The molecule has 0 heterocycles. The van der Waals surface area contributed by atoms with Gasteiger partial charge in [0.1, 0.15) is 0 Å². The van der Waals surface area contributed by atoms with Gasteiger partial charge in [0.2, 0.25) is 0 Å². The van der Waals surface area contributed by atoms with E-state index in [1.807, 2.05) is 0 Å². The summed E-state index contributed by atoms with van der Waals surface area (Å²) in [5.74, 6) is 0. The Morgan fingerprint density at radius 1 is 1.36 bits per heavy atom. The summed E-state index contributed by atoms with van der Waals surface area (Å²) in [6.07, 6.45) is -4.47. The number of alkyl halides is 3. The summed E-state index contributed by atoms with van der Waals surface area (Å²) in [7, 11) is 0. The Bertz CT molecular complexity index is 351. The zero-order valence-corrected chi connectivity index (χ0v) is 8.48. The number of aliphatic hydroxyl groups excluding tert-OH is 1. The van der Waals surface area contributed by atoms with Crippen molar-refractivity contribution in [2.75, 3.05) is 5.73 Å². The molecule has 3 N–H and O–H groups in total. The summed E-state index contributed by atoms with van der Waals surface area (Å²) >= 11 is 2.92. The lowest BCUT2D eigenvalue weighted by Crippen LogP contribution is -2.09. The van der Waals surface area contributed by atoms with Crippen LogP contribution in [-0.4, -0.2) is 5.11 Å². The number of nitrogens with two attached hydrogens (primary N) is 1. The van der Waals surface area contributed by atoms with E-state index in [1.54, 1.807) is 0 Å². The van der Waals surface area contributed by atoms with E-state index in [0.29, 0.717) is 5.56 Å². The molecule has 14 heavy (non-hydrogen) atoms. The minimum Gasteiger partial charge on any atom is -0.398 e. The van der Waals surface area contributed by atoms with Crippen LogP contribution in [0.25, 0.3) is 0 Å². The molecule has 78 valence electrons. The fourth-order valence-electron chi connectivity index (χ4n) is 1.00. The Morgan fingerprint density at radius 2 is 1.93 bits per heavy atom. The molecular weight excluding hydrogens is 263 g/mol. The highest BCUT2D eigenvalue weighted by Gasteiger charge is 2.33. The molecule has 0 radical (unpaired) electrons. The van der Waals surface area contributed by atoms with Crippen LogP contribution in [0.3, 0.4) is 0 Å². The van der Waals surface area contributed by atoms with Crippen molar-refractivity contribution >= 4 is 21.6 Å². The Morgan fingerprint density at radius 3 is 2.36 bits per heavy atom. The molecule has 2 nitrogen and oxygen atoms in total. The van der Waals surface area contributed by atoms with Gasteiger partial charge in [-0.25, -0.2) is 0 Å². The molecular formula is C8H7BrF3NO. The van der Waals surface area contributed by atoms with Crippen molar-refractivity contribution in [1.82, 2.24) is 0 Å². The average molecular weight is 270 g/mol. The first kappa shape index (κ1) is 11.3. The second-order valence-corrected chi connectivity index (χ2v) is 3.54. The SMILES string of the molecule is Nc1cc(CO)c(Br)cc1C(F)(F)F. The molecule has 0 aromatic heterocycles. The van der Waals surface area contributed by atoms with Crippen LogP contribution in [0.5, 0.6) is 0 Å². The third-order valence-electron chi connectivity index (χ3n) is 1.69. The summed E-state index contributed by atoms with van der Waals surface area (Å²) in [4.78, 5) is 0. The van der Waals surface area contributed by atoms with Crippen LogP contribution in [0.4, 0.5) is 18.9 Å². The second kappa shape index (κ2) is 3.78. The largest absolute Gasteiger partial charge is 0.418 e. The Labute approximate surface area is 86.7 Å². The lowest BCUT2D eigenvalue weighted by molar-refractivity contribution is -0.137. The zero-order valence-electron chi connectivity index (χ0n) is 6.90. The van der Waals surface area contributed by atoms with E-state index in [2.05, 4.69) is 15.9 Å². The second-order valence-electron chi connectivity index (χ2n) is 2.69. The predicted molar refractivity (Wildman–Crippen MR) is 49.5 cm³/mol. The van der Waals surface area contributed by atoms with Crippen molar-refractivity contribution in [3.05, 3.63) is 27.7 Å². The fraction of sp³-hybridized carbons (Fsp3) is 0.250. The number of halogens is 4. The van der Waals surface area contributed by atoms with Crippen molar-refractivity contribution in [1.29, 1.82) is 0 Å². The van der Waals surface area contributed by atoms with Crippen molar-refractivity contribution in [3.63, 3.8) is 0 Å². The average Bonchev–Trinajstić information content (AvgIpc) is 2.06. The van der Waals surface area contributed by atoms with Gasteiger partial charge in [0.25, 0.3) is 0 Å². The minimum absolute atomic E-state index is 0.196. The molecule has 0 fully saturated rings. The summed E-state index contributed by atoms with van der Waals surface area (Å²) in [5.41, 5.74) is 4.24. The Hall–Kier alpha value is -0.750. The first-order valence-electron chi connectivity index (χ1n) is 3.62. The standard InChI is InChI=1S/C8H7BrF3NO/c9-6-2-5(8(10,11)12)7(13)1-4(6)3-14/h1-2,14H,3,13H2. The van der Waals surface area contributed by atoms with Gasteiger partial charge in [-0.2, -0.15) is 13.2 Å². The summed E-state index contributed by atoms with van der Waals surface area (Å²) in [6.45, 7) is -0.358. The summed E-state index contributed by atoms with van der Waals surface area (Å²) < 4.78 is 37.1.